The zero-order chi connectivity index (χ0) is 16.2. The summed E-state index contributed by atoms with van der Waals surface area (Å²) < 4.78 is 70.7. The third-order valence-electron chi connectivity index (χ3n) is 2.17. The molecule has 0 atom stereocenters. The first kappa shape index (κ1) is 17.6. The van der Waals surface area contributed by atoms with Gasteiger partial charge in [0.05, 0.1) is 23.4 Å². The Hall–Kier alpha value is -1.45. The number of hydrogen-bond donors (Lipinski definition) is 0. The van der Waals surface area contributed by atoms with Crippen LogP contribution in [-0.2, 0) is 10.1 Å². The highest BCUT2D eigenvalue weighted by Crippen LogP contribution is 2.32. The Labute approximate surface area is 124 Å². The van der Waals surface area contributed by atoms with E-state index in [0.29, 0.717) is 6.07 Å². The molecule has 0 aliphatic carbocycles. The summed E-state index contributed by atoms with van der Waals surface area (Å²) in [6.45, 7) is 1.31. The molecule has 0 saturated heterocycles. The van der Waals surface area contributed by atoms with Crippen molar-refractivity contribution in [3.05, 3.63) is 22.9 Å². The summed E-state index contributed by atoms with van der Waals surface area (Å²) in [5.74, 6) is -2.19. The molecule has 0 aromatic carbocycles. The van der Waals surface area contributed by atoms with Crippen LogP contribution in [0, 0.1) is 0 Å². The minimum Gasteiger partial charge on any atom is -0.462 e. The number of rotatable bonds is 5. The number of carbonyl (C=O) groups excluding carboxylic acids is 1. The van der Waals surface area contributed by atoms with Crippen molar-refractivity contribution in [1.82, 2.24) is 4.98 Å². The Morgan fingerprint density at radius 2 is 2.05 bits per heavy atom. The molecule has 0 saturated carbocycles. The van der Waals surface area contributed by atoms with Crippen LogP contribution < -0.4 is 4.74 Å². The summed E-state index contributed by atoms with van der Waals surface area (Å²) >= 11 is 2.83. The highest BCUT2D eigenvalue weighted by molar-refractivity contribution is 9.08. The average Bonchev–Trinajstić information content (AvgIpc) is 2.35. The Kier molecular flexibility index (Phi) is 5.87. The summed E-state index contributed by atoms with van der Waals surface area (Å²) in [4.78, 5) is 14.9. The summed E-state index contributed by atoms with van der Waals surface area (Å²) in [5, 5.41) is -0.284. The molecular formula is C11H9BrF5NO3. The molecule has 21 heavy (non-hydrogen) atoms. The van der Waals surface area contributed by atoms with Crippen molar-refractivity contribution in [1.29, 1.82) is 0 Å². The van der Waals surface area contributed by atoms with Crippen molar-refractivity contribution in [2.75, 3.05) is 6.61 Å². The number of alkyl halides is 6. The lowest BCUT2D eigenvalue weighted by Crippen LogP contribution is -2.20. The SMILES string of the molecule is CCOC(=O)c1cc(OC(F)(F)F)nc(CBr)c1C(F)F. The van der Waals surface area contributed by atoms with Crippen molar-refractivity contribution in [2.45, 2.75) is 25.0 Å². The minimum atomic E-state index is -5.06. The van der Waals surface area contributed by atoms with E-state index < -0.39 is 41.5 Å². The molecule has 0 aliphatic heterocycles. The van der Waals surface area contributed by atoms with Crippen molar-refractivity contribution in [2.24, 2.45) is 0 Å². The van der Waals surface area contributed by atoms with E-state index in [1.54, 1.807) is 0 Å². The molecule has 0 radical (unpaired) electrons. The summed E-state index contributed by atoms with van der Waals surface area (Å²) in [7, 11) is 0. The molecule has 0 N–H and O–H groups in total. The van der Waals surface area contributed by atoms with Gasteiger partial charge in [-0.3, -0.25) is 0 Å². The topological polar surface area (TPSA) is 48.4 Å². The second-order valence-electron chi connectivity index (χ2n) is 3.57. The van der Waals surface area contributed by atoms with Gasteiger partial charge >= 0.3 is 12.3 Å². The van der Waals surface area contributed by atoms with Crippen molar-refractivity contribution in [3.8, 4) is 5.88 Å². The molecule has 4 nitrogen and oxygen atoms in total. The predicted octanol–water partition coefficient (Wildman–Crippen LogP) is 3.99. The number of halogens is 6. The van der Waals surface area contributed by atoms with Crippen LogP contribution in [-0.4, -0.2) is 23.9 Å². The first-order chi connectivity index (χ1) is 9.69. The van der Waals surface area contributed by atoms with Gasteiger partial charge in [-0.05, 0) is 6.92 Å². The quantitative estimate of drug-likeness (QED) is 0.442. The largest absolute Gasteiger partial charge is 0.574 e. The highest BCUT2D eigenvalue weighted by atomic mass is 79.9. The van der Waals surface area contributed by atoms with E-state index in [1.165, 1.54) is 6.92 Å². The molecule has 1 aromatic rings. The van der Waals surface area contributed by atoms with E-state index in [4.69, 9.17) is 0 Å². The summed E-state index contributed by atoms with van der Waals surface area (Å²) in [6.07, 6.45) is -8.17. The molecule has 0 aliphatic rings. The third kappa shape index (κ3) is 4.80. The normalized spacial score (nSPS) is 11.6. The van der Waals surface area contributed by atoms with Crippen molar-refractivity contribution >= 4 is 21.9 Å². The number of aromatic nitrogens is 1. The second-order valence-corrected chi connectivity index (χ2v) is 4.13. The Balaban J connectivity index is 3.40. The van der Waals surface area contributed by atoms with Gasteiger partial charge in [0.1, 0.15) is 0 Å². The van der Waals surface area contributed by atoms with Crippen molar-refractivity contribution in [3.63, 3.8) is 0 Å². The number of pyridine rings is 1. The number of ether oxygens (including phenoxy) is 2. The lowest BCUT2D eigenvalue weighted by molar-refractivity contribution is -0.276. The Bertz CT molecular complexity index is 521. The van der Waals surface area contributed by atoms with Gasteiger partial charge < -0.3 is 9.47 Å². The van der Waals surface area contributed by atoms with Gasteiger partial charge in [0.2, 0.25) is 5.88 Å². The number of carbonyl (C=O) groups is 1. The lowest BCUT2D eigenvalue weighted by Gasteiger charge is -2.15. The number of hydrogen-bond acceptors (Lipinski definition) is 4. The van der Waals surface area contributed by atoms with Crippen LogP contribution in [0.2, 0.25) is 0 Å². The molecule has 10 heteroatoms. The van der Waals surface area contributed by atoms with Gasteiger partial charge in [-0.2, -0.15) is 0 Å². The fourth-order valence-corrected chi connectivity index (χ4v) is 1.90. The van der Waals surface area contributed by atoms with Crippen LogP contribution in [0.3, 0.4) is 0 Å². The van der Waals surface area contributed by atoms with Crippen molar-refractivity contribution < 1.29 is 36.2 Å². The van der Waals surface area contributed by atoms with Gasteiger partial charge in [-0.25, -0.2) is 18.6 Å². The molecule has 1 heterocycles. The highest BCUT2D eigenvalue weighted by Gasteiger charge is 2.34. The van der Waals surface area contributed by atoms with E-state index in [0.717, 1.165) is 0 Å². The minimum absolute atomic E-state index is 0.122. The lowest BCUT2D eigenvalue weighted by atomic mass is 10.1. The van der Waals surface area contributed by atoms with E-state index in [1.807, 2.05) is 0 Å². The van der Waals surface area contributed by atoms with E-state index in [2.05, 4.69) is 30.4 Å². The summed E-state index contributed by atoms with van der Waals surface area (Å²) in [6, 6.07) is 0.485. The molecule has 0 unspecified atom stereocenters. The number of nitrogens with zero attached hydrogens (tertiary/aromatic N) is 1. The smallest absolute Gasteiger partial charge is 0.462 e. The van der Waals surface area contributed by atoms with Crippen LogP contribution >= 0.6 is 15.9 Å². The molecule has 118 valence electrons. The maximum atomic E-state index is 13.0. The van der Waals surface area contributed by atoms with Gasteiger partial charge in [0.15, 0.2) is 0 Å². The molecule has 1 aromatic heterocycles. The van der Waals surface area contributed by atoms with Gasteiger partial charge in [0, 0.05) is 11.4 Å². The van der Waals surface area contributed by atoms with Crippen LogP contribution in [0.15, 0.2) is 6.07 Å². The molecule has 1 rings (SSSR count). The van der Waals surface area contributed by atoms with Crippen LogP contribution in [0.5, 0.6) is 5.88 Å². The zero-order valence-corrected chi connectivity index (χ0v) is 12.1. The zero-order valence-electron chi connectivity index (χ0n) is 10.5. The molecule has 0 fully saturated rings. The Morgan fingerprint density at radius 3 is 2.48 bits per heavy atom. The third-order valence-corrected chi connectivity index (χ3v) is 2.71. The van der Waals surface area contributed by atoms with Gasteiger partial charge in [0.25, 0.3) is 6.43 Å². The van der Waals surface area contributed by atoms with Crippen LogP contribution in [0.4, 0.5) is 22.0 Å². The maximum absolute atomic E-state index is 13.0. The van der Waals surface area contributed by atoms with Crippen LogP contribution in [0.25, 0.3) is 0 Å². The fraction of sp³-hybridized carbons (Fsp3) is 0.455. The van der Waals surface area contributed by atoms with E-state index >= 15 is 0 Å². The maximum Gasteiger partial charge on any atom is 0.574 e. The molecule has 0 spiro atoms. The predicted molar refractivity (Wildman–Crippen MR) is 64.5 cm³/mol. The Morgan fingerprint density at radius 1 is 1.43 bits per heavy atom. The molecular weight excluding hydrogens is 369 g/mol. The van der Waals surface area contributed by atoms with E-state index in [-0.39, 0.29) is 11.9 Å². The summed E-state index contributed by atoms with van der Waals surface area (Å²) in [5.41, 5.74) is -1.94. The van der Waals surface area contributed by atoms with Crippen LogP contribution in [0.1, 0.15) is 35.0 Å². The van der Waals surface area contributed by atoms with Gasteiger partial charge in [-0.15, -0.1) is 13.2 Å². The average molecular weight is 378 g/mol. The van der Waals surface area contributed by atoms with Gasteiger partial charge in [-0.1, -0.05) is 15.9 Å². The fourth-order valence-electron chi connectivity index (χ4n) is 1.48. The monoisotopic (exact) mass is 377 g/mol. The molecule has 0 bridgehead atoms. The first-order valence-corrected chi connectivity index (χ1v) is 6.62. The second kappa shape index (κ2) is 7.01. The first-order valence-electron chi connectivity index (χ1n) is 5.50. The number of esters is 1. The standard InChI is InChI=1S/C11H9BrF5NO3/c1-2-20-10(19)5-3-7(21-11(15,16)17)18-6(4-12)8(5)9(13)14/h3,9H,2,4H2,1H3. The molecule has 0 amide bonds. The van der Waals surface area contributed by atoms with E-state index in [9.17, 15) is 26.7 Å².